The molecule has 0 radical (unpaired) electrons. The number of aryl methyl sites for hydroxylation is 2. The van der Waals surface area contributed by atoms with E-state index in [1.165, 1.54) is 4.90 Å². The lowest BCUT2D eigenvalue weighted by atomic mass is 9.94. The summed E-state index contributed by atoms with van der Waals surface area (Å²) in [5, 5.41) is 14.3. The predicted octanol–water partition coefficient (Wildman–Crippen LogP) is 3.47. The van der Waals surface area contributed by atoms with Gasteiger partial charge < -0.3 is 10.0 Å². The van der Waals surface area contributed by atoms with Gasteiger partial charge in [-0.3, -0.25) is 9.48 Å². The van der Waals surface area contributed by atoms with Crippen LogP contribution in [0.25, 0.3) is 0 Å². The Morgan fingerprint density at radius 2 is 1.96 bits per heavy atom. The van der Waals surface area contributed by atoms with E-state index in [4.69, 9.17) is 0 Å². The van der Waals surface area contributed by atoms with E-state index >= 15 is 0 Å². The zero-order chi connectivity index (χ0) is 20.5. The molecule has 2 heterocycles. The molecule has 1 atom stereocenters. The second-order valence-corrected chi connectivity index (χ2v) is 7.46. The highest BCUT2D eigenvalue weighted by Crippen LogP contribution is 2.38. The fourth-order valence-corrected chi connectivity index (χ4v) is 3.60. The molecule has 1 amide bonds. The second kappa shape index (κ2) is 7.58. The Labute approximate surface area is 161 Å². The summed E-state index contributed by atoms with van der Waals surface area (Å²) >= 11 is 0. The number of nitrogens with zero attached hydrogens (tertiary/aromatic N) is 3. The molecule has 1 aliphatic rings. The van der Waals surface area contributed by atoms with Crippen LogP contribution in [0.15, 0.2) is 30.3 Å². The molecule has 0 spiro atoms. The van der Waals surface area contributed by atoms with E-state index in [9.17, 15) is 23.1 Å². The van der Waals surface area contributed by atoms with Gasteiger partial charge in [0.15, 0.2) is 5.60 Å². The van der Waals surface area contributed by atoms with Gasteiger partial charge in [-0.15, -0.1) is 0 Å². The first-order valence-corrected chi connectivity index (χ1v) is 9.27. The molecule has 3 rings (SSSR count). The first-order chi connectivity index (χ1) is 13.1. The van der Waals surface area contributed by atoms with E-state index in [0.29, 0.717) is 12.1 Å². The van der Waals surface area contributed by atoms with Crippen LogP contribution >= 0.6 is 0 Å². The van der Waals surface area contributed by atoms with Gasteiger partial charge in [0.2, 0.25) is 0 Å². The number of rotatable bonds is 3. The van der Waals surface area contributed by atoms with Crippen LogP contribution in [0, 0.1) is 13.8 Å². The van der Waals surface area contributed by atoms with Gasteiger partial charge in [-0.25, -0.2) is 0 Å². The van der Waals surface area contributed by atoms with Crippen LogP contribution in [-0.2, 0) is 6.54 Å². The van der Waals surface area contributed by atoms with Crippen molar-refractivity contribution < 1.29 is 23.1 Å². The summed E-state index contributed by atoms with van der Waals surface area (Å²) in [5.74, 6) is -0.318. The van der Waals surface area contributed by atoms with Crippen molar-refractivity contribution in [1.82, 2.24) is 14.7 Å². The van der Waals surface area contributed by atoms with Gasteiger partial charge in [0.25, 0.3) is 5.91 Å². The molecule has 0 aliphatic carbocycles. The summed E-state index contributed by atoms with van der Waals surface area (Å²) in [5.41, 5.74) is 0.508. The number of likely N-dealkylation sites (tertiary alicyclic amines) is 1. The maximum Gasteiger partial charge on any atom is 0.417 e. The molecule has 1 N–H and O–H groups in total. The Hall–Kier alpha value is -2.35. The molecule has 1 saturated heterocycles. The average Bonchev–Trinajstić information content (AvgIpc) is 2.81. The maximum absolute atomic E-state index is 13.1. The minimum Gasteiger partial charge on any atom is -0.380 e. The third-order valence-electron chi connectivity index (χ3n) is 5.24. The molecule has 0 bridgehead atoms. The van der Waals surface area contributed by atoms with Crippen molar-refractivity contribution in [2.75, 3.05) is 13.1 Å². The van der Waals surface area contributed by atoms with E-state index < -0.39 is 24.6 Å². The van der Waals surface area contributed by atoms with Crippen molar-refractivity contribution in [3.63, 3.8) is 0 Å². The molecule has 2 aromatic rings. The molecule has 1 fully saturated rings. The van der Waals surface area contributed by atoms with Gasteiger partial charge in [-0.2, -0.15) is 18.3 Å². The third-order valence-corrected chi connectivity index (χ3v) is 5.24. The molecule has 0 saturated carbocycles. The fraction of sp³-hybridized carbons (Fsp3) is 0.500. The number of aliphatic hydroxyl groups is 1. The Morgan fingerprint density at radius 1 is 1.21 bits per heavy atom. The lowest BCUT2D eigenvalue weighted by Crippen LogP contribution is -2.46. The third kappa shape index (κ3) is 4.22. The van der Waals surface area contributed by atoms with E-state index in [1.807, 2.05) is 30.7 Å². The van der Waals surface area contributed by atoms with Crippen molar-refractivity contribution in [3.8, 4) is 0 Å². The Bertz CT molecular complexity index is 863. The number of alkyl halides is 3. The predicted molar refractivity (Wildman–Crippen MR) is 98.0 cm³/mol. The summed E-state index contributed by atoms with van der Waals surface area (Å²) in [6.07, 6.45) is -5.48. The Balaban J connectivity index is 1.73. The monoisotopic (exact) mass is 395 g/mol. The summed E-state index contributed by atoms with van der Waals surface area (Å²) in [4.78, 5) is 14.2. The molecule has 1 aromatic carbocycles. The topological polar surface area (TPSA) is 58.4 Å². The van der Waals surface area contributed by atoms with E-state index in [1.54, 1.807) is 18.2 Å². The zero-order valence-corrected chi connectivity index (χ0v) is 16.0. The van der Waals surface area contributed by atoms with Crippen LogP contribution in [0.1, 0.15) is 46.6 Å². The van der Waals surface area contributed by atoms with Gasteiger partial charge >= 0.3 is 6.18 Å². The van der Waals surface area contributed by atoms with Gasteiger partial charge in [-0.05, 0) is 50.5 Å². The molecule has 5 nitrogen and oxygen atoms in total. The number of hydrogen-bond donors (Lipinski definition) is 1. The average molecular weight is 395 g/mol. The molecular formula is C20H24F3N3O2. The summed E-state index contributed by atoms with van der Waals surface area (Å²) < 4.78 is 41.1. The lowest BCUT2D eigenvalue weighted by molar-refractivity contribution is -0.263. The first kappa shape index (κ1) is 20.4. The number of benzene rings is 1. The molecule has 1 aromatic heterocycles. The normalized spacial score (nSPS) is 20.9. The minimum atomic E-state index is -4.69. The number of hydrogen-bond acceptors (Lipinski definition) is 3. The molecule has 8 heteroatoms. The smallest absolute Gasteiger partial charge is 0.380 e. The second-order valence-electron chi connectivity index (χ2n) is 7.46. The van der Waals surface area contributed by atoms with Crippen LogP contribution in [0.4, 0.5) is 13.2 Å². The van der Waals surface area contributed by atoms with Crippen LogP contribution < -0.4 is 0 Å². The molecule has 1 unspecified atom stereocenters. The highest BCUT2D eigenvalue weighted by molar-refractivity contribution is 5.94. The quantitative estimate of drug-likeness (QED) is 0.866. The van der Waals surface area contributed by atoms with Crippen molar-refractivity contribution in [2.24, 2.45) is 0 Å². The Morgan fingerprint density at radius 3 is 2.61 bits per heavy atom. The number of aromatic nitrogens is 2. The zero-order valence-electron chi connectivity index (χ0n) is 16.0. The van der Waals surface area contributed by atoms with Crippen LogP contribution in [0.3, 0.4) is 0 Å². The number of halogens is 3. The SMILES string of the molecule is Cc1cc(C)n(Cc2cccc(C(=O)N3CCCC(O)(C(F)(F)F)CC3)c2)n1. The van der Waals surface area contributed by atoms with Crippen molar-refractivity contribution in [1.29, 1.82) is 0 Å². The first-order valence-electron chi connectivity index (χ1n) is 9.27. The van der Waals surface area contributed by atoms with Gasteiger partial charge in [0.05, 0.1) is 12.2 Å². The molecule has 1 aliphatic heterocycles. The summed E-state index contributed by atoms with van der Waals surface area (Å²) in [6, 6.07) is 9.03. The summed E-state index contributed by atoms with van der Waals surface area (Å²) in [6.45, 7) is 4.43. The number of carbonyl (C=O) groups excluding carboxylic acids is 1. The van der Waals surface area contributed by atoms with Gasteiger partial charge in [0, 0.05) is 30.8 Å². The number of carbonyl (C=O) groups is 1. The maximum atomic E-state index is 13.1. The van der Waals surface area contributed by atoms with Crippen LogP contribution in [0.2, 0.25) is 0 Å². The molecule has 28 heavy (non-hydrogen) atoms. The number of amides is 1. The van der Waals surface area contributed by atoms with Crippen LogP contribution in [0.5, 0.6) is 0 Å². The minimum absolute atomic E-state index is 0.104. The Kier molecular flexibility index (Phi) is 5.52. The van der Waals surface area contributed by atoms with Crippen LogP contribution in [-0.4, -0.2) is 50.6 Å². The van der Waals surface area contributed by atoms with E-state index in [2.05, 4.69) is 5.10 Å². The van der Waals surface area contributed by atoms with Crippen molar-refractivity contribution in [2.45, 2.75) is 51.4 Å². The fourth-order valence-electron chi connectivity index (χ4n) is 3.60. The largest absolute Gasteiger partial charge is 0.417 e. The molecule has 152 valence electrons. The van der Waals surface area contributed by atoms with E-state index in [0.717, 1.165) is 17.0 Å². The lowest BCUT2D eigenvalue weighted by Gasteiger charge is -2.29. The van der Waals surface area contributed by atoms with Crippen molar-refractivity contribution >= 4 is 5.91 Å². The van der Waals surface area contributed by atoms with Gasteiger partial charge in [-0.1, -0.05) is 12.1 Å². The van der Waals surface area contributed by atoms with E-state index in [-0.39, 0.29) is 25.4 Å². The standard InChI is InChI=1S/C20H24F3N3O2/c1-14-11-15(2)26(24-14)13-16-5-3-6-17(12-16)18(27)25-9-4-7-19(28,8-10-25)20(21,22)23/h3,5-6,11-12,28H,4,7-10,13H2,1-2H3. The highest BCUT2D eigenvalue weighted by Gasteiger charge is 2.53. The summed E-state index contributed by atoms with van der Waals surface area (Å²) in [7, 11) is 0. The molecular weight excluding hydrogens is 371 g/mol. The highest BCUT2D eigenvalue weighted by atomic mass is 19.4. The van der Waals surface area contributed by atoms with Gasteiger partial charge in [0.1, 0.15) is 0 Å². The van der Waals surface area contributed by atoms with Crippen molar-refractivity contribution in [3.05, 3.63) is 52.8 Å².